The van der Waals surface area contributed by atoms with Gasteiger partial charge in [0.2, 0.25) is 5.91 Å². The minimum Gasteiger partial charge on any atom is -0.481 e. The van der Waals surface area contributed by atoms with Gasteiger partial charge in [0.25, 0.3) is 0 Å². The van der Waals surface area contributed by atoms with Gasteiger partial charge in [-0.2, -0.15) is 0 Å². The Balaban J connectivity index is 1.79. The first kappa shape index (κ1) is 14.4. The number of amides is 1. The molecule has 0 aromatic carbocycles. The molecule has 0 aliphatic heterocycles. The van der Waals surface area contributed by atoms with E-state index in [9.17, 15) is 9.59 Å². The lowest BCUT2D eigenvalue weighted by Gasteiger charge is -2.29. The van der Waals surface area contributed by atoms with E-state index in [1.54, 1.807) is 0 Å². The highest BCUT2D eigenvalue weighted by atomic mass is 16.4. The first-order valence-corrected chi connectivity index (χ1v) is 7.61. The van der Waals surface area contributed by atoms with Gasteiger partial charge in [0.15, 0.2) is 0 Å². The highest BCUT2D eigenvalue weighted by Crippen LogP contribution is 2.32. The Morgan fingerprint density at radius 1 is 1.05 bits per heavy atom. The van der Waals surface area contributed by atoms with Gasteiger partial charge in [-0.1, -0.05) is 19.3 Å². The number of nitrogens with one attached hydrogen (secondary N) is 1. The fourth-order valence-corrected chi connectivity index (χ4v) is 3.54. The number of aliphatic carboxylic acids is 1. The van der Waals surface area contributed by atoms with Crippen molar-refractivity contribution in [1.29, 1.82) is 0 Å². The zero-order chi connectivity index (χ0) is 13.8. The van der Waals surface area contributed by atoms with Gasteiger partial charge in [0.05, 0.1) is 5.92 Å². The molecule has 4 heteroatoms. The minimum atomic E-state index is -0.754. The van der Waals surface area contributed by atoms with E-state index in [0.29, 0.717) is 18.8 Å². The normalized spacial score (nSPS) is 29.9. The molecule has 0 saturated heterocycles. The van der Waals surface area contributed by atoms with Crippen LogP contribution in [-0.4, -0.2) is 23.0 Å². The predicted octanol–water partition coefficient (Wildman–Crippen LogP) is 2.57. The summed E-state index contributed by atoms with van der Waals surface area (Å²) >= 11 is 0. The van der Waals surface area contributed by atoms with Gasteiger partial charge in [-0.05, 0) is 44.9 Å². The van der Waals surface area contributed by atoms with E-state index in [2.05, 4.69) is 12.2 Å². The van der Waals surface area contributed by atoms with Crippen molar-refractivity contribution >= 4 is 11.9 Å². The van der Waals surface area contributed by atoms with Crippen molar-refractivity contribution in [3.05, 3.63) is 0 Å². The molecule has 0 aromatic rings. The smallest absolute Gasteiger partial charge is 0.306 e. The van der Waals surface area contributed by atoms with Gasteiger partial charge in [-0.15, -0.1) is 0 Å². The van der Waals surface area contributed by atoms with E-state index < -0.39 is 5.97 Å². The molecule has 0 aromatic heterocycles. The van der Waals surface area contributed by atoms with E-state index in [4.69, 9.17) is 5.11 Å². The van der Waals surface area contributed by atoms with E-state index in [0.717, 1.165) is 6.42 Å². The third kappa shape index (κ3) is 3.71. The molecule has 108 valence electrons. The highest BCUT2D eigenvalue weighted by Gasteiger charge is 2.34. The number of rotatable bonds is 4. The SMILES string of the molecule is C[C@H](NC(=O)C1CCC(C(=O)O)C1)C1CCCCC1. The third-order valence-corrected chi connectivity index (χ3v) is 4.88. The molecule has 2 aliphatic rings. The van der Waals surface area contributed by atoms with Crippen LogP contribution in [0.5, 0.6) is 0 Å². The van der Waals surface area contributed by atoms with Crippen LogP contribution < -0.4 is 5.32 Å². The van der Waals surface area contributed by atoms with Gasteiger partial charge < -0.3 is 10.4 Å². The van der Waals surface area contributed by atoms with Crippen molar-refractivity contribution in [3.63, 3.8) is 0 Å². The number of carbonyl (C=O) groups excluding carboxylic acids is 1. The molecule has 2 aliphatic carbocycles. The Morgan fingerprint density at radius 3 is 2.26 bits per heavy atom. The largest absolute Gasteiger partial charge is 0.481 e. The van der Waals surface area contributed by atoms with Crippen molar-refractivity contribution in [2.24, 2.45) is 17.8 Å². The van der Waals surface area contributed by atoms with Crippen LogP contribution in [0.25, 0.3) is 0 Å². The summed E-state index contributed by atoms with van der Waals surface area (Å²) in [7, 11) is 0. The van der Waals surface area contributed by atoms with Crippen LogP contribution >= 0.6 is 0 Å². The van der Waals surface area contributed by atoms with Crippen LogP contribution in [0.2, 0.25) is 0 Å². The Bertz CT molecular complexity index is 336. The summed E-state index contributed by atoms with van der Waals surface area (Å²) in [5.74, 6) is -0.486. The molecular formula is C15H25NO3. The number of carbonyl (C=O) groups is 2. The second-order valence-corrected chi connectivity index (χ2v) is 6.24. The van der Waals surface area contributed by atoms with Crippen LogP contribution in [0.3, 0.4) is 0 Å². The van der Waals surface area contributed by atoms with E-state index in [-0.39, 0.29) is 23.8 Å². The number of carboxylic acid groups (broad SMARTS) is 1. The predicted molar refractivity (Wildman–Crippen MR) is 72.6 cm³/mol. The van der Waals surface area contributed by atoms with E-state index >= 15 is 0 Å². The molecule has 19 heavy (non-hydrogen) atoms. The molecule has 2 unspecified atom stereocenters. The molecule has 2 saturated carbocycles. The molecule has 0 bridgehead atoms. The fraction of sp³-hybridized carbons (Fsp3) is 0.867. The average molecular weight is 267 g/mol. The number of hydrogen-bond acceptors (Lipinski definition) is 2. The molecule has 2 rings (SSSR count). The Morgan fingerprint density at radius 2 is 1.68 bits per heavy atom. The maximum Gasteiger partial charge on any atom is 0.306 e. The first-order chi connectivity index (χ1) is 9.08. The van der Waals surface area contributed by atoms with E-state index in [1.807, 2.05) is 0 Å². The molecule has 0 radical (unpaired) electrons. The summed E-state index contributed by atoms with van der Waals surface area (Å²) in [5, 5.41) is 12.1. The lowest BCUT2D eigenvalue weighted by Crippen LogP contribution is -2.41. The summed E-state index contributed by atoms with van der Waals surface area (Å²) < 4.78 is 0. The highest BCUT2D eigenvalue weighted by molar-refractivity contribution is 5.81. The molecule has 4 nitrogen and oxygen atoms in total. The van der Waals surface area contributed by atoms with Gasteiger partial charge in [0, 0.05) is 12.0 Å². The van der Waals surface area contributed by atoms with Gasteiger partial charge >= 0.3 is 5.97 Å². The maximum atomic E-state index is 12.2. The van der Waals surface area contributed by atoms with Crippen molar-refractivity contribution in [2.45, 2.75) is 64.3 Å². The number of carboxylic acids is 1. The summed E-state index contributed by atoms with van der Waals surface area (Å²) in [6, 6.07) is 0.233. The van der Waals surface area contributed by atoms with Gasteiger partial charge in [0.1, 0.15) is 0 Å². The molecular weight excluding hydrogens is 242 g/mol. The van der Waals surface area contributed by atoms with Crippen molar-refractivity contribution < 1.29 is 14.7 Å². The molecule has 0 heterocycles. The molecule has 0 spiro atoms. The van der Waals surface area contributed by atoms with Crippen LogP contribution in [-0.2, 0) is 9.59 Å². The van der Waals surface area contributed by atoms with Crippen LogP contribution in [0.15, 0.2) is 0 Å². The van der Waals surface area contributed by atoms with Crippen LogP contribution in [0.4, 0.5) is 0 Å². The van der Waals surface area contributed by atoms with Crippen molar-refractivity contribution in [3.8, 4) is 0 Å². The standard InChI is InChI=1S/C15H25NO3/c1-10(11-5-3-2-4-6-11)16-14(17)12-7-8-13(9-12)15(18)19/h10-13H,2-9H2,1H3,(H,16,17)(H,18,19)/t10-,12?,13?/m0/s1. The quantitative estimate of drug-likeness (QED) is 0.822. The summed E-state index contributed by atoms with van der Waals surface area (Å²) in [6.07, 6.45) is 8.17. The lowest BCUT2D eigenvalue weighted by atomic mass is 9.84. The molecule has 2 N–H and O–H groups in total. The van der Waals surface area contributed by atoms with Crippen molar-refractivity contribution in [1.82, 2.24) is 5.32 Å². The maximum absolute atomic E-state index is 12.2. The monoisotopic (exact) mass is 267 g/mol. The second-order valence-electron chi connectivity index (χ2n) is 6.24. The van der Waals surface area contributed by atoms with Gasteiger partial charge in [-0.25, -0.2) is 0 Å². The zero-order valence-corrected chi connectivity index (χ0v) is 11.7. The summed E-state index contributed by atoms with van der Waals surface area (Å²) in [4.78, 5) is 23.1. The Hall–Kier alpha value is -1.06. The Labute approximate surface area is 115 Å². The minimum absolute atomic E-state index is 0.0711. The zero-order valence-electron chi connectivity index (χ0n) is 11.7. The first-order valence-electron chi connectivity index (χ1n) is 7.61. The fourth-order valence-electron chi connectivity index (χ4n) is 3.54. The lowest BCUT2D eigenvalue weighted by molar-refractivity contribution is -0.141. The second kappa shape index (κ2) is 6.40. The van der Waals surface area contributed by atoms with E-state index in [1.165, 1.54) is 32.1 Å². The van der Waals surface area contributed by atoms with Crippen molar-refractivity contribution in [2.75, 3.05) is 0 Å². The van der Waals surface area contributed by atoms with Crippen LogP contribution in [0, 0.1) is 17.8 Å². The average Bonchev–Trinajstić information content (AvgIpc) is 2.89. The third-order valence-electron chi connectivity index (χ3n) is 4.88. The number of hydrogen-bond donors (Lipinski definition) is 2. The topological polar surface area (TPSA) is 66.4 Å². The van der Waals surface area contributed by atoms with Gasteiger partial charge in [-0.3, -0.25) is 9.59 Å². The molecule has 3 atom stereocenters. The summed E-state index contributed by atoms with van der Waals surface area (Å²) in [5.41, 5.74) is 0. The molecule has 1 amide bonds. The Kier molecular flexibility index (Phi) is 4.83. The molecule has 2 fully saturated rings. The summed E-state index contributed by atoms with van der Waals surface area (Å²) in [6.45, 7) is 2.09. The van der Waals surface area contributed by atoms with Crippen LogP contribution in [0.1, 0.15) is 58.3 Å².